The number of hydrogen-bond donors (Lipinski definition) is 1. The molecule has 3 aromatic rings. The number of sulfonamides is 1. The standard InChI is InChI=1S/C17H16FN3O2S/c18-16-5-1-15(2-6-16)12-24(22,23)20-11-14-3-7-17(8-4-14)21-10-9-19-13-21/h1-10,13,20H,11-12H2. The van der Waals surface area contributed by atoms with Gasteiger partial charge in [0.25, 0.3) is 0 Å². The van der Waals surface area contributed by atoms with Crippen molar-refractivity contribution in [3.63, 3.8) is 0 Å². The van der Waals surface area contributed by atoms with Gasteiger partial charge in [0.1, 0.15) is 5.82 Å². The van der Waals surface area contributed by atoms with Crippen molar-refractivity contribution in [2.45, 2.75) is 12.3 Å². The number of aromatic nitrogens is 2. The average molecular weight is 345 g/mol. The van der Waals surface area contributed by atoms with Crippen molar-refractivity contribution in [1.29, 1.82) is 0 Å². The molecular weight excluding hydrogens is 329 g/mol. The zero-order chi connectivity index (χ0) is 17.0. The molecule has 124 valence electrons. The maximum atomic E-state index is 12.9. The van der Waals surface area contributed by atoms with Crippen molar-refractivity contribution >= 4 is 10.0 Å². The second-order valence-electron chi connectivity index (χ2n) is 5.34. The highest BCUT2D eigenvalue weighted by Gasteiger charge is 2.11. The van der Waals surface area contributed by atoms with E-state index in [-0.39, 0.29) is 18.1 Å². The Morgan fingerprint density at radius 1 is 1.00 bits per heavy atom. The predicted octanol–water partition coefficient (Wildman–Crippen LogP) is 2.63. The third-order valence-corrected chi connectivity index (χ3v) is 4.80. The normalized spacial score (nSPS) is 11.5. The molecular formula is C17H16FN3O2S. The Kier molecular flexibility index (Phi) is 4.73. The third kappa shape index (κ3) is 4.27. The lowest BCUT2D eigenvalue weighted by atomic mass is 10.2. The Balaban J connectivity index is 1.61. The SMILES string of the molecule is O=S(=O)(Cc1ccc(F)cc1)NCc1ccc(-n2ccnc2)cc1. The van der Waals surface area contributed by atoms with Crippen LogP contribution >= 0.6 is 0 Å². The number of benzene rings is 2. The first kappa shape index (κ1) is 16.4. The summed E-state index contributed by atoms with van der Waals surface area (Å²) in [7, 11) is -3.49. The summed E-state index contributed by atoms with van der Waals surface area (Å²) in [4.78, 5) is 3.98. The van der Waals surface area contributed by atoms with E-state index in [4.69, 9.17) is 0 Å². The summed E-state index contributed by atoms with van der Waals surface area (Å²) >= 11 is 0. The Bertz CT molecular complexity index is 890. The molecule has 7 heteroatoms. The second-order valence-corrected chi connectivity index (χ2v) is 7.15. The molecule has 0 amide bonds. The quantitative estimate of drug-likeness (QED) is 0.747. The number of halogens is 1. The van der Waals surface area contributed by atoms with Gasteiger partial charge in [-0.3, -0.25) is 0 Å². The molecule has 0 aliphatic rings. The van der Waals surface area contributed by atoms with Crippen molar-refractivity contribution in [2.24, 2.45) is 0 Å². The molecule has 0 spiro atoms. The summed E-state index contributed by atoms with van der Waals surface area (Å²) < 4.78 is 41.5. The van der Waals surface area contributed by atoms with Crippen LogP contribution in [0, 0.1) is 5.82 Å². The summed E-state index contributed by atoms with van der Waals surface area (Å²) in [6, 6.07) is 12.9. The molecule has 1 heterocycles. The molecule has 0 aliphatic heterocycles. The van der Waals surface area contributed by atoms with Crippen LogP contribution in [-0.2, 0) is 22.3 Å². The lowest BCUT2D eigenvalue weighted by Gasteiger charge is -2.08. The number of rotatable bonds is 6. The number of nitrogens with zero attached hydrogens (tertiary/aromatic N) is 2. The molecule has 0 atom stereocenters. The van der Waals surface area contributed by atoms with E-state index >= 15 is 0 Å². The van der Waals surface area contributed by atoms with Gasteiger partial charge in [0.05, 0.1) is 12.1 Å². The zero-order valence-electron chi connectivity index (χ0n) is 12.8. The van der Waals surface area contributed by atoms with Gasteiger partial charge in [-0.1, -0.05) is 24.3 Å². The van der Waals surface area contributed by atoms with Crippen LogP contribution in [-0.4, -0.2) is 18.0 Å². The molecule has 0 saturated carbocycles. The van der Waals surface area contributed by atoms with Crippen molar-refractivity contribution in [3.05, 3.63) is 84.2 Å². The fourth-order valence-corrected chi connectivity index (χ4v) is 3.36. The van der Waals surface area contributed by atoms with Crippen molar-refractivity contribution in [1.82, 2.24) is 14.3 Å². The molecule has 0 unspecified atom stereocenters. The Labute approximate surface area is 139 Å². The number of nitrogens with one attached hydrogen (secondary N) is 1. The summed E-state index contributed by atoms with van der Waals surface area (Å²) in [6.45, 7) is 0.202. The predicted molar refractivity (Wildman–Crippen MR) is 89.4 cm³/mol. The van der Waals surface area contributed by atoms with Gasteiger partial charge in [0.15, 0.2) is 0 Å². The molecule has 0 fully saturated rings. The topological polar surface area (TPSA) is 64.0 Å². The van der Waals surface area contributed by atoms with Crippen LogP contribution in [0.15, 0.2) is 67.3 Å². The molecule has 0 bridgehead atoms. The van der Waals surface area contributed by atoms with E-state index in [0.29, 0.717) is 5.56 Å². The van der Waals surface area contributed by atoms with Crippen molar-refractivity contribution < 1.29 is 12.8 Å². The summed E-state index contributed by atoms with van der Waals surface area (Å²) in [5, 5.41) is 0. The van der Waals surface area contributed by atoms with E-state index in [1.807, 2.05) is 35.0 Å². The molecule has 24 heavy (non-hydrogen) atoms. The molecule has 1 N–H and O–H groups in total. The minimum absolute atomic E-state index is 0.180. The van der Waals surface area contributed by atoms with Gasteiger partial charge in [0, 0.05) is 24.6 Å². The molecule has 5 nitrogen and oxygen atoms in total. The average Bonchev–Trinajstić information content (AvgIpc) is 3.10. The maximum absolute atomic E-state index is 12.9. The lowest BCUT2D eigenvalue weighted by Crippen LogP contribution is -2.24. The van der Waals surface area contributed by atoms with Crippen molar-refractivity contribution in [3.8, 4) is 5.69 Å². The van der Waals surface area contributed by atoms with E-state index in [1.54, 1.807) is 12.5 Å². The minimum Gasteiger partial charge on any atom is -0.306 e. The van der Waals surface area contributed by atoms with Gasteiger partial charge in [0.2, 0.25) is 10.0 Å². The monoisotopic (exact) mass is 345 g/mol. The first-order valence-electron chi connectivity index (χ1n) is 7.31. The van der Waals surface area contributed by atoms with Gasteiger partial charge < -0.3 is 4.57 Å². The van der Waals surface area contributed by atoms with Crippen LogP contribution in [0.2, 0.25) is 0 Å². The largest absolute Gasteiger partial charge is 0.306 e. The summed E-state index contributed by atoms with van der Waals surface area (Å²) in [6.07, 6.45) is 5.22. The fraction of sp³-hybridized carbons (Fsp3) is 0.118. The first-order valence-corrected chi connectivity index (χ1v) is 8.96. The summed E-state index contributed by atoms with van der Waals surface area (Å²) in [5.74, 6) is -0.567. The lowest BCUT2D eigenvalue weighted by molar-refractivity contribution is 0.580. The summed E-state index contributed by atoms with van der Waals surface area (Å²) in [5.41, 5.74) is 2.34. The van der Waals surface area contributed by atoms with E-state index < -0.39 is 10.0 Å². The smallest absolute Gasteiger partial charge is 0.216 e. The molecule has 1 aromatic heterocycles. The van der Waals surface area contributed by atoms with E-state index in [9.17, 15) is 12.8 Å². The maximum Gasteiger partial charge on any atom is 0.216 e. The molecule has 0 radical (unpaired) electrons. The third-order valence-electron chi connectivity index (χ3n) is 3.51. The first-order chi connectivity index (χ1) is 11.5. The van der Waals surface area contributed by atoms with Crippen LogP contribution in [0.5, 0.6) is 0 Å². The minimum atomic E-state index is -3.49. The molecule has 2 aromatic carbocycles. The Morgan fingerprint density at radius 2 is 1.67 bits per heavy atom. The second kappa shape index (κ2) is 6.94. The van der Waals surface area contributed by atoms with Crippen LogP contribution in [0.1, 0.15) is 11.1 Å². The van der Waals surface area contributed by atoms with Gasteiger partial charge in [-0.15, -0.1) is 0 Å². The van der Waals surface area contributed by atoms with Crippen molar-refractivity contribution in [2.75, 3.05) is 0 Å². The molecule has 0 saturated heterocycles. The van der Waals surface area contributed by atoms with Gasteiger partial charge >= 0.3 is 0 Å². The van der Waals surface area contributed by atoms with Crippen LogP contribution < -0.4 is 4.72 Å². The Morgan fingerprint density at radius 3 is 2.29 bits per heavy atom. The van der Waals surface area contributed by atoms with E-state index in [2.05, 4.69) is 9.71 Å². The van der Waals surface area contributed by atoms with Crippen LogP contribution in [0.25, 0.3) is 5.69 Å². The number of hydrogen-bond acceptors (Lipinski definition) is 3. The molecule has 3 rings (SSSR count). The highest BCUT2D eigenvalue weighted by molar-refractivity contribution is 7.88. The fourth-order valence-electron chi connectivity index (χ4n) is 2.24. The van der Waals surface area contributed by atoms with Crippen LogP contribution in [0.3, 0.4) is 0 Å². The molecule has 0 aliphatic carbocycles. The van der Waals surface area contributed by atoms with Gasteiger partial charge in [-0.25, -0.2) is 22.5 Å². The zero-order valence-corrected chi connectivity index (χ0v) is 13.6. The highest BCUT2D eigenvalue weighted by Crippen LogP contribution is 2.11. The highest BCUT2D eigenvalue weighted by atomic mass is 32.2. The van der Waals surface area contributed by atoms with E-state index in [0.717, 1.165) is 11.3 Å². The van der Waals surface area contributed by atoms with Gasteiger partial charge in [-0.2, -0.15) is 0 Å². The van der Waals surface area contributed by atoms with Gasteiger partial charge in [-0.05, 0) is 35.4 Å². The number of imidazole rings is 1. The van der Waals surface area contributed by atoms with E-state index in [1.165, 1.54) is 24.3 Å². The Hall–Kier alpha value is -2.51. The van der Waals surface area contributed by atoms with Crippen LogP contribution in [0.4, 0.5) is 4.39 Å².